The minimum Gasteiger partial charge on any atom is -0.494 e. The van der Waals surface area contributed by atoms with E-state index in [0.29, 0.717) is 17.9 Å². The van der Waals surface area contributed by atoms with Crippen LogP contribution < -0.4 is 4.74 Å². The van der Waals surface area contributed by atoms with Gasteiger partial charge in [-0.15, -0.1) is 0 Å². The van der Waals surface area contributed by atoms with Crippen LogP contribution in [0.2, 0.25) is 0 Å². The molecular formula is C23H25F3O2. The summed E-state index contributed by atoms with van der Waals surface area (Å²) in [5.41, 5.74) is 1.04. The van der Waals surface area contributed by atoms with Crippen LogP contribution in [0, 0.1) is 17.5 Å². The Bertz CT molecular complexity index is 827. The Hall–Kier alpha value is -2.27. The molecule has 3 rings (SSSR count). The van der Waals surface area contributed by atoms with Crippen molar-refractivity contribution >= 4 is 6.08 Å². The lowest BCUT2D eigenvalue weighted by Crippen LogP contribution is -2.21. The zero-order chi connectivity index (χ0) is 20.1. The summed E-state index contributed by atoms with van der Waals surface area (Å²) in [6.45, 7) is 5.85. The predicted molar refractivity (Wildman–Crippen MR) is 104 cm³/mol. The lowest BCUT2D eigenvalue weighted by Gasteiger charge is -2.29. The Morgan fingerprint density at radius 3 is 2.43 bits per heavy atom. The number of halogens is 3. The van der Waals surface area contributed by atoms with Crippen molar-refractivity contribution in [2.24, 2.45) is 0 Å². The monoisotopic (exact) mass is 390 g/mol. The van der Waals surface area contributed by atoms with Gasteiger partial charge in [-0.1, -0.05) is 30.9 Å². The van der Waals surface area contributed by atoms with E-state index >= 15 is 0 Å². The van der Waals surface area contributed by atoms with Crippen LogP contribution in [0.1, 0.15) is 55.2 Å². The topological polar surface area (TPSA) is 18.5 Å². The number of benzene rings is 2. The van der Waals surface area contributed by atoms with Crippen molar-refractivity contribution in [3.05, 3.63) is 71.1 Å². The van der Waals surface area contributed by atoms with E-state index in [9.17, 15) is 13.2 Å². The zero-order valence-corrected chi connectivity index (χ0v) is 16.0. The second-order valence-corrected chi connectivity index (χ2v) is 7.05. The van der Waals surface area contributed by atoms with Crippen LogP contribution in [0.25, 0.3) is 6.08 Å². The van der Waals surface area contributed by atoms with E-state index in [-0.39, 0.29) is 35.6 Å². The third kappa shape index (κ3) is 4.58. The highest BCUT2D eigenvalue weighted by Gasteiger charge is 2.25. The van der Waals surface area contributed by atoms with Crippen LogP contribution in [-0.2, 0) is 11.3 Å². The fourth-order valence-corrected chi connectivity index (χ4v) is 3.72. The van der Waals surface area contributed by atoms with Crippen LogP contribution in [0.15, 0.2) is 36.9 Å². The van der Waals surface area contributed by atoms with E-state index in [1.54, 1.807) is 12.1 Å². The zero-order valence-electron chi connectivity index (χ0n) is 16.0. The fraction of sp³-hybridized carbons (Fsp3) is 0.391. The molecule has 0 unspecified atom stereocenters. The molecule has 2 nitrogen and oxygen atoms in total. The molecule has 0 atom stereocenters. The Labute approximate surface area is 164 Å². The van der Waals surface area contributed by atoms with Crippen LogP contribution in [0.3, 0.4) is 0 Å². The van der Waals surface area contributed by atoms with E-state index in [0.717, 1.165) is 25.7 Å². The molecule has 0 radical (unpaired) electrons. The first kappa shape index (κ1) is 20.5. The van der Waals surface area contributed by atoms with Gasteiger partial charge in [0.25, 0.3) is 0 Å². The van der Waals surface area contributed by atoms with Gasteiger partial charge < -0.3 is 9.47 Å². The second kappa shape index (κ2) is 9.28. The minimum absolute atomic E-state index is 0.0208. The maximum absolute atomic E-state index is 14.4. The van der Waals surface area contributed by atoms with Crippen LogP contribution in [-0.4, -0.2) is 12.7 Å². The van der Waals surface area contributed by atoms with Crippen LogP contribution in [0.4, 0.5) is 13.2 Å². The smallest absolute Gasteiger partial charge is 0.166 e. The summed E-state index contributed by atoms with van der Waals surface area (Å²) in [5, 5.41) is 0. The molecule has 0 aliphatic heterocycles. The minimum atomic E-state index is -0.897. The van der Waals surface area contributed by atoms with Gasteiger partial charge in [0.2, 0.25) is 0 Å². The fourth-order valence-electron chi connectivity index (χ4n) is 3.72. The molecule has 0 aromatic heterocycles. The maximum Gasteiger partial charge on any atom is 0.166 e. The first-order chi connectivity index (χ1) is 13.5. The number of hydrogen-bond acceptors (Lipinski definition) is 2. The molecule has 5 heteroatoms. The SMILES string of the molecule is C=Cc1ccc(COC2CCC(c3ccc(OCC)cc3F)CC2)c(F)c1F. The highest BCUT2D eigenvalue weighted by Crippen LogP contribution is 2.36. The summed E-state index contributed by atoms with van der Waals surface area (Å²) >= 11 is 0. The van der Waals surface area contributed by atoms with Gasteiger partial charge in [0.15, 0.2) is 11.6 Å². The predicted octanol–water partition coefficient (Wildman–Crippen LogP) is 6.39. The van der Waals surface area contributed by atoms with Crippen LogP contribution in [0.5, 0.6) is 5.75 Å². The standard InChI is InChI=1S/C23H25F3O2/c1-3-15-5-6-17(23(26)22(15)25)14-28-18-9-7-16(8-10-18)20-12-11-19(27-4-2)13-21(20)24/h3,5-6,11-13,16,18H,1,4,7-10,14H2,2H3. The third-order valence-electron chi connectivity index (χ3n) is 5.28. The number of ether oxygens (including phenoxy) is 2. The van der Waals surface area contributed by atoms with Gasteiger partial charge >= 0.3 is 0 Å². The van der Waals surface area contributed by atoms with E-state index in [1.165, 1.54) is 24.3 Å². The molecule has 150 valence electrons. The molecule has 0 bridgehead atoms. The van der Waals surface area contributed by atoms with Crippen molar-refractivity contribution in [2.75, 3.05) is 6.61 Å². The summed E-state index contributed by atoms with van der Waals surface area (Å²) in [7, 11) is 0. The summed E-state index contributed by atoms with van der Waals surface area (Å²) < 4.78 is 53.4. The number of hydrogen-bond donors (Lipinski definition) is 0. The van der Waals surface area contributed by atoms with Gasteiger partial charge in [0, 0.05) is 17.2 Å². The van der Waals surface area contributed by atoms with E-state index in [1.807, 2.05) is 6.92 Å². The molecular weight excluding hydrogens is 365 g/mol. The Kier molecular flexibility index (Phi) is 6.79. The van der Waals surface area contributed by atoms with Gasteiger partial charge in [0.05, 0.1) is 19.3 Å². The molecule has 2 aromatic carbocycles. The molecule has 1 aliphatic carbocycles. The van der Waals surface area contributed by atoms with Crippen molar-refractivity contribution in [2.45, 2.75) is 51.2 Å². The van der Waals surface area contributed by atoms with Crippen molar-refractivity contribution in [1.29, 1.82) is 0 Å². The van der Waals surface area contributed by atoms with E-state index in [2.05, 4.69) is 6.58 Å². The molecule has 2 aromatic rings. The summed E-state index contributed by atoms with van der Waals surface area (Å²) in [4.78, 5) is 0. The van der Waals surface area contributed by atoms with Crippen molar-refractivity contribution < 1.29 is 22.6 Å². The molecule has 0 spiro atoms. The molecule has 1 aliphatic rings. The Balaban J connectivity index is 1.55. The largest absolute Gasteiger partial charge is 0.494 e. The van der Waals surface area contributed by atoms with E-state index < -0.39 is 11.6 Å². The maximum atomic E-state index is 14.4. The normalized spacial score (nSPS) is 19.4. The van der Waals surface area contributed by atoms with Crippen molar-refractivity contribution in [3.8, 4) is 5.75 Å². The average molecular weight is 390 g/mol. The van der Waals surface area contributed by atoms with Gasteiger partial charge in [0.1, 0.15) is 11.6 Å². The average Bonchev–Trinajstić information content (AvgIpc) is 2.70. The van der Waals surface area contributed by atoms with Gasteiger partial charge in [-0.05, 0) is 50.2 Å². The number of rotatable bonds is 7. The van der Waals surface area contributed by atoms with Gasteiger partial charge in [-0.3, -0.25) is 0 Å². The van der Waals surface area contributed by atoms with Crippen LogP contribution >= 0.6 is 0 Å². The Morgan fingerprint density at radius 2 is 1.79 bits per heavy atom. The first-order valence-corrected chi connectivity index (χ1v) is 9.66. The summed E-state index contributed by atoms with van der Waals surface area (Å²) in [6.07, 6.45) is 4.34. The van der Waals surface area contributed by atoms with E-state index in [4.69, 9.17) is 9.47 Å². The van der Waals surface area contributed by atoms with Gasteiger partial charge in [-0.25, -0.2) is 13.2 Å². The molecule has 0 amide bonds. The van der Waals surface area contributed by atoms with Gasteiger partial charge in [-0.2, -0.15) is 0 Å². The van der Waals surface area contributed by atoms with Crippen molar-refractivity contribution in [1.82, 2.24) is 0 Å². The van der Waals surface area contributed by atoms with Crippen molar-refractivity contribution in [3.63, 3.8) is 0 Å². The highest BCUT2D eigenvalue weighted by molar-refractivity contribution is 5.48. The Morgan fingerprint density at radius 1 is 1.04 bits per heavy atom. The molecule has 0 heterocycles. The summed E-state index contributed by atoms with van der Waals surface area (Å²) in [6, 6.07) is 8.05. The molecule has 1 saturated carbocycles. The molecule has 1 fully saturated rings. The molecule has 28 heavy (non-hydrogen) atoms. The third-order valence-corrected chi connectivity index (χ3v) is 5.28. The highest BCUT2D eigenvalue weighted by atomic mass is 19.2. The summed E-state index contributed by atoms with van der Waals surface area (Å²) in [5.74, 6) is -1.35. The molecule has 0 N–H and O–H groups in total. The quantitative estimate of drug-likeness (QED) is 0.545. The lowest BCUT2D eigenvalue weighted by molar-refractivity contribution is 0.0117. The lowest BCUT2D eigenvalue weighted by atomic mass is 9.82. The first-order valence-electron chi connectivity index (χ1n) is 9.66. The second-order valence-electron chi connectivity index (χ2n) is 7.05. The molecule has 0 saturated heterocycles.